The summed E-state index contributed by atoms with van der Waals surface area (Å²) in [6.45, 7) is 2.46. The standard InChI is InChI=1S/C16H16BrNO2/c1-11-8-14(6-7-15(11)17)16(20)18-9-12-2-4-13(10-19)5-3-12/h2-8,19H,9-10H2,1H3,(H,18,20). The zero-order chi connectivity index (χ0) is 14.5. The minimum absolute atomic E-state index is 0.0325. The summed E-state index contributed by atoms with van der Waals surface area (Å²) < 4.78 is 0.994. The van der Waals surface area contributed by atoms with Gasteiger partial charge in [0.05, 0.1) is 6.61 Å². The number of carbonyl (C=O) groups excluding carboxylic acids is 1. The third kappa shape index (κ3) is 3.68. The van der Waals surface area contributed by atoms with Crippen LogP contribution in [-0.4, -0.2) is 11.0 Å². The maximum absolute atomic E-state index is 12.0. The van der Waals surface area contributed by atoms with Gasteiger partial charge in [-0.25, -0.2) is 0 Å². The molecule has 0 bridgehead atoms. The van der Waals surface area contributed by atoms with E-state index in [-0.39, 0.29) is 12.5 Å². The van der Waals surface area contributed by atoms with E-state index < -0.39 is 0 Å². The van der Waals surface area contributed by atoms with Crippen molar-refractivity contribution >= 4 is 21.8 Å². The highest BCUT2D eigenvalue weighted by atomic mass is 79.9. The van der Waals surface area contributed by atoms with Crippen molar-refractivity contribution in [3.8, 4) is 0 Å². The Morgan fingerprint density at radius 1 is 1.15 bits per heavy atom. The molecule has 0 spiro atoms. The van der Waals surface area contributed by atoms with Gasteiger partial charge in [-0.1, -0.05) is 40.2 Å². The van der Waals surface area contributed by atoms with E-state index in [0.717, 1.165) is 21.2 Å². The van der Waals surface area contributed by atoms with Gasteiger partial charge in [-0.3, -0.25) is 4.79 Å². The molecule has 0 saturated heterocycles. The monoisotopic (exact) mass is 333 g/mol. The van der Waals surface area contributed by atoms with Gasteiger partial charge in [-0.15, -0.1) is 0 Å². The third-order valence-corrected chi connectivity index (χ3v) is 3.97. The number of hydrogen-bond acceptors (Lipinski definition) is 2. The minimum atomic E-state index is -0.0909. The summed E-state index contributed by atoms with van der Waals surface area (Å²) in [6, 6.07) is 13.0. The molecule has 0 aliphatic rings. The Labute approximate surface area is 126 Å². The smallest absolute Gasteiger partial charge is 0.251 e. The molecule has 20 heavy (non-hydrogen) atoms. The van der Waals surface area contributed by atoms with E-state index >= 15 is 0 Å². The highest BCUT2D eigenvalue weighted by molar-refractivity contribution is 9.10. The summed E-state index contributed by atoms with van der Waals surface area (Å²) in [6.07, 6.45) is 0. The fraction of sp³-hybridized carbons (Fsp3) is 0.188. The quantitative estimate of drug-likeness (QED) is 0.902. The molecule has 1 amide bonds. The molecule has 0 fully saturated rings. The summed E-state index contributed by atoms with van der Waals surface area (Å²) in [7, 11) is 0. The van der Waals surface area contributed by atoms with Gasteiger partial charge in [0.25, 0.3) is 5.91 Å². The molecule has 0 unspecified atom stereocenters. The van der Waals surface area contributed by atoms with Gasteiger partial charge < -0.3 is 10.4 Å². The van der Waals surface area contributed by atoms with Crippen LogP contribution in [0.15, 0.2) is 46.9 Å². The second-order valence-corrected chi connectivity index (χ2v) is 5.48. The van der Waals surface area contributed by atoms with Crippen LogP contribution in [0.4, 0.5) is 0 Å². The molecule has 0 aliphatic heterocycles. The van der Waals surface area contributed by atoms with Crippen LogP contribution in [0.3, 0.4) is 0 Å². The summed E-state index contributed by atoms with van der Waals surface area (Å²) in [4.78, 5) is 12.0. The van der Waals surface area contributed by atoms with E-state index in [9.17, 15) is 4.79 Å². The predicted molar refractivity (Wildman–Crippen MR) is 82.4 cm³/mol. The molecular weight excluding hydrogens is 318 g/mol. The average Bonchev–Trinajstić information content (AvgIpc) is 2.48. The first-order chi connectivity index (χ1) is 9.60. The summed E-state index contributed by atoms with van der Waals surface area (Å²) in [5, 5.41) is 11.9. The van der Waals surface area contributed by atoms with E-state index in [4.69, 9.17) is 5.11 Å². The molecule has 104 valence electrons. The largest absolute Gasteiger partial charge is 0.392 e. The van der Waals surface area contributed by atoms with Gasteiger partial charge in [0, 0.05) is 16.6 Å². The topological polar surface area (TPSA) is 49.3 Å². The van der Waals surface area contributed by atoms with Crippen LogP contribution in [0.2, 0.25) is 0 Å². The number of rotatable bonds is 4. The summed E-state index contributed by atoms with van der Waals surface area (Å²) in [5.41, 5.74) is 3.55. The molecule has 2 aromatic carbocycles. The Kier molecular flexibility index (Phi) is 4.93. The van der Waals surface area contributed by atoms with Gasteiger partial charge in [0.1, 0.15) is 0 Å². The molecule has 2 rings (SSSR count). The van der Waals surface area contributed by atoms with E-state index in [2.05, 4.69) is 21.2 Å². The Hall–Kier alpha value is -1.65. The number of aryl methyl sites for hydroxylation is 1. The highest BCUT2D eigenvalue weighted by Crippen LogP contribution is 2.17. The number of halogens is 1. The number of benzene rings is 2. The van der Waals surface area contributed by atoms with Crippen LogP contribution < -0.4 is 5.32 Å². The number of aliphatic hydroxyl groups excluding tert-OH is 1. The lowest BCUT2D eigenvalue weighted by molar-refractivity contribution is 0.0951. The van der Waals surface area contributed by atoms with Crippen molar-refractivity contribution in [3.05, 3.63) is 69.2 Å². The first kappa shape index (κ1) is 14.8. The third-order valence-electron chi connectivity index (χ3n) is 3.08. The van der Waals surface area contributed by atoms with Crippen molar-refractivity contribution in [2.75, 3.05) is 0 Å². The van der Waals surface area contributed by atoms with Gasteiger partial charge >= 0.3 is 0 Å². The maximum Gasteiger partial charge on any atom is 0.251 e. The molecule has 2 N–H and O–H groups in total. The lowest BCUT2D eigenvalue weighted by Crippen LogP contribution is -2.22. The van der Waals surface area contributed by atoms with Crippen LogP contribution >= 0.6 is 15.9 Å². The van der Waals surface area contributed by atoms with Crippen LogP contribution in [0.25, 0.3) is 0 Å². The normalized spacial score (nSPS) is 10.3. The number of nitrogens with one attached hydrogen (secondary N) is 1. The lowest BCUT2D eigenvalue weighted by Gasteiger charge is -2.07. The van der Waals surface area contributed by atoms with Crippen LogP contribution in [-0.2, 0) is 13.2 Å². The van der Waals surface area contributed by atoms with Crippen LogP contribution in [0.5, 0.6) is 0 Å². The molecule has 4 heteroatoms. The number of carbonyl (C=O) groups is 1. The van der Waals surface area contributed by atoms with Gasteiger partial charge in [-0.05, 0) is 41.8 Å². The number of amides is 1. The SMILES string of the molecule is Cc1cc(C(=O)NCc2ccc(CO)cc2)ccc1Br. The van der Waals surface area contributed by atoms with Gasteiger partial charge in [-0.2, -0.15) is 0 Å². The lowest BCUT2D eigenvalue weighted by atomic mass is 10.1. The zero-order valence-corrected chi connectivity index (χ0v) is 12.8. The Morgan fingerprint density at radius 3 is 2.40 bits per heavy atom. The van der Waals surface area contributed by atoms with E-state index in [1.54, 1.807) is 6.07 Å². The van der Waals surface area contributed by atoms with Crippen LogP contribution in [0.1, 0.15) is 27.0 Å². The first-order valence-corrected chi connectivity index (χ1v) is 7.12. The predicted octanol–water partition coefficient (Wildman–Crippen LogP) is 3.18. The molecule has 3 nitrogen and oxygen atoms in total. The van der Waals surface area contributed by atoms with Crippen molar-refractivity contribution in [3.63, 3.8) is 0 Å². The van der Waals surface area contributed by atoms with E-state index in [1.807, 2.05) is 43.3 Å². The van der Waals surface area contributed by atoms with Crippen molar-refractivity contribution in [1.82, 2.24) is 5.32 Å². The van der Waals surface area contributed by atoms with E-state index in [0.29, 0.717) is 12.1 Å². The molecular formula is C16H16BrNO2. The van der Waals surface area contributed by atoms with Gasteiger partial charge in [0.2, 0.25) is 0 Å². The Morgan fingerprint density at radius 2 is 1.80 bits per heavy atom. The second kappa shape index (κ2) is 6.68. The summed E-state index contributed by atoms with van der Waals surface area (Å²) in [5.74, 6) is -0.0909. The van der Waals surface area contributed by atoms with Crippen LogP contribution in [0, 0.1) is 6.92 Å². The fourth-order valence-corrected chi connectivity index (χ4v) is 2.08. The molecule has 0 aliphatic carbocycles. The van der Waals surface area contributed by atoms with Crippen molar-refractivity contribution in [2.45, 2.75) is 20.1 Å². The van der Waals surface area contributed by atoms with Crippen molar-refractivity contribution < 1.29 is 9.90 Å². The molecule has 2 aromatic rings. The van der Waals surface area contributed by atoms with Gasteiger partial charge in [0.15, 0.2) is 0 Å². The Bertz CT molecular complexity index is 608. The molecule has 0 radical (unpaired) electrons. The minimum Gasteiger partial charge on any atom is -0.392 e. The first-order valence-electron chi connectivity index (χ1n) is 6.33. The molecule has 0 saturated carbocycles. The second-order valence-electron chi connectivity index (χ2n) is 4.62. The number of aliphatic hydroxyl groups is 1. The van der Waals surface area contributed by atoms with E-state index in [1.165, 1.54) is 0 Å². The highest BCUT2D eigenvalue weighted by Gasteiger charge is 2.06. The zero-order valence-electron chi connectivity index (χ0n) is 11.2. The maximum atomic E-state index is 12.0. The molecule has 0 atom stereocenters. The molecule has 0 aromatic heterocycles. The summed E-state index contributed by atoms with van der Waals surface area (Å²) >= 11 is 3.42. The average molecular weight is 334 g/mol. The number of hydrogen-bond donors (Lipinski definition) is 2. The van der Waals surface area contributed by atoms with Crippen molar-refractivity contribution in [1.29, 1.82) is 0 Å². The fourth-order valence-electron chi connectivity index (χ4n) is 1.83. The molecule has 0 heterocycles. The van der Waals surface area contributed by atoms with Crippen molar-refractivity contribution in [2.24, 2.45) is 0 Å². The Balaban J connectivity index is 1.98.